The van der Waals surface area contributed by atoms with Crippen LogP contribution in [-0.4, -0.2) is 41.1 Å². The average molecular weight is 281 g/mol. The van der Waals surface area contributed by atoms with Crippen LogP contribution in [-0.2, 0) is 4.74 Å². The second kappa shape index (κ2) is 7.24. The molecule has 0 saturated carbocycles. The van der Waals surface area contributed by atoms with Gasteiger partial charge in [0.15, 0.2) is 11.5 Å². The van der Waals surface area contributed by atoms with E-state index in [0.29, 0.717) is 23.2 Å². The molecular formula is C15H23NO4. The maximum absolute atomic E-state index is 5.49. The lowest BCUT2D eigenvalue weighted by atomic mass is 10.0. The number of anilines is 1. The molecule has 0 bridgehead atoms. The van der Waals surface area contributed by atoms with E-state index in [-0.39, 0.29) is 0 Å². The molecule has 1 aliphatic rings. The lowest BCUT2D eigenvalue weighted by Gasteiger charge is -2.23. The molecule has 0 aliphatic carbocycles. The Morgan fingerprint density at radius 3 is 2.35 bits per heavy atom. The van der Waals surface area contributed by atoms with Crippen LogP contribution in [0.4, 0.5) is 5.69 Å². The molecule has 5 heteroatoms. The lowest BCUT2D eigenvalue weighted by Crippen LogP contribution is -2.24. The van der Waals surface area contributed by atoms with Crippen LogP contribution in [0.25, 0.3) is 0 Å². The molecule has 1 fully saturated rings. The van der Waals surface area contributed by atoms with Crippen LogP contribution in [0.3, 0.4) is 0 Å². The maximum atomic E-state index is 5.49. The first-order valence-electron chi connectivity index (χ1n) is 6.90. The van der Waals surface area contributed by atoms with Crippen molar-refractivity contribution in [2.75, 3.05) is 46.4 Å². The Labute approximate surface area is 120 Å². The summed E-state index contributed by atoms with van der Waals surface area (Å²) in [6.07, 6.45) is 2.35. The minimum absolute atomic E-state index is 0.558. The molecule has 0 aromatic heterocycles. The standard InChI is InChI=1S/C15H23NO4/c1-17-13-7-12(8-14(18-2)15(13)19-3)16-9-11-5-4-6-20-10-11/h7-8,11,16H,4-6,9-10H2,1-3H3. The van der Waals surface area contributed by atoms with E-state index < -0.39 is 0 Å². The minimum atomic E-state index is 0.558. The van der Waals surface area contributed by atoms with Gasteiger partial charge in [-0.1, -0.05) is 0 Å². The van der Waals surface area contributed by atoms with Crippen LogP contribution in [0, 0.1) is 5.92 Å². The number of nitrogens with one attached hydrogen (secondary N) is 1. The van der Waals surface area contributed by atoms with E-state index in [0.717, 1.165) is 31.9 Å². The van der Waals surface area contributed by atoms with Crippen LogP contribution in [0.15, 0.2) is 12.1 Å². The first-order chi connectivity index (χ1) is 9.78. The second-order valence-electron chi connectivity index (χ2n) is 4.88. The smallest absolute Gasteiger partial charge is 0.203 e. The van der Waals surface area contributed by atoms with Gasteiger partial charge in [-0.3, -0.25) is 0 Å². The van der Waals surface area contributed by atoms with Crippen molar-refractivity contribution < 1.29 is 18.9 Å². The van der Waals surface area contributed by atoms with Gasteiger partial charge in [-0.25, -0.2) is 0 Å². The largest absolute Gasteiger partial charge is 0.493 e. The van der Waals surface area contributed by atoms with Crippen molar-refractivity contribution in [1.29, 1.82) is 0 Å². The van der Waals surface area contributed by atoms with E-state index >= 15 is 0 Å². The van der Waals surface area contributed by atoms with Crippen molar-refractivity contribution >= 4 is 5.69 Å². The summed E-state index contributed by atoms with van der Waals surface area (Å²) < 4.78 is 21.5. The van der Waals surface area contributed by atoms with Gasteiger partial charge in [0.25, 0.3) is 0 Å². The molecule has 5 nitrogen and oxygen atoms in total. The second-order valence-corrected chi connectivity index (χ2v) is 4.88. The van der Waals surface area contributed by atoms with Gasteiger partial charge in [-0.2, -0.15) is 0 Å². The molecule has 0 radical (unpaired) electrons. The Morgan fingerprint density at radius 1 is 1.15 bits per heavy atom. The highest BCUT2D eigenvalue weighted by molar-refractivity contribution is 5.62. The Kier molecular flexibility index (Phi) is 5.35. The van der Waals surface area contributed by atoms with Crippen molar-refractivity contribution in [3.05, 3.63) is 12.1 Å². The van der Waals surface area contributed by atoms with Crippen LogP contribution in [0.2, 0.25) is 0 Å². The van der Waals surface area contributed by atoms with E-state index in [1.165, 1.54) is 6.42 Å². The lowest BCUT2D eigenvalue weighted by molar-refractivity contribution is 0.0595. The summed E-state index contributed by atoms with van der Waals surface area (Å²) in [5, 5.41) is 3.42. The van der Waals surface area contributed by atoms with Crippen molar-refractivity contribution in [3.8, 4) is 17.2 Å². The van der Waals surface area contributed by atoms with E-state index in [1.807, 2.05) is 12.1 Å². The molecule has 1 aliphatic heterocycles. The molecule has 1 aromatic carbocycles. The molecule has 1 aromatic rings. The molecule has 1 unspecified atom stereocenters. The molecule has 1 saturated heterocycles. The average Bonchev–Trinajstić information content (AvgIpc) is 2.52. The Morgan fingerprint density at radius 2 is 1.85 bits per heavy atom. The zero-order valence-corrected chi connectivity index (χ0v) is 12.4. The molecule has 1 atom stereocenters. The Bertz CT molecular complexity index is 405. The van der Waals surface area contributed by atoms with E-state index in [9.17, 15) is 0 Å². The third kappa shape index (κ3) is 3.48. The van der Waals surface area contributed by atoms with Gasteiger partial charge in [0.1, 0.15) is 0 Å². The predicted octanol–water partition coefficient (Wildman–Crippen LogP) is 2.55. The molecule has 1 N–H and O–H groups in total. The monoisotopic (exact) mass is 281 g/mol. The fourth-order valence-electron chi connectivity index (χ4n) is 2.41. The normalized spacial score (nSPS) is 18.4. The molecule has 112 valence electrons. The van der Waals surface area contributed by atoms with Crippen molar-refractivity contribution in [3.63, 3.8) is 0 Å². The highest BCUT2D eigenvalue weighted by atomic mass is 16.5. The highest BCUT2D eigenvalue weighted by Gasteiger charge is 2.16. The highest BCUT2D eigenvalue weighted by Crippen LogP contribution is 2.39. The first-order valence-corrected chi connectivity index (χ1v) is 6.90. The molecule has 1 heterocycles. The van der Waals surface area contributed by atoms with Crippen molar-refractivity contribution in [1.82, 2.24) is 0 Å². The van der Waals surface area contributed by atoms with Gasteiger partial charge >= 0.3 is 0 Å². The quantitative estimate of drug-likeness (QED) is 0.868. The summed E-state index contributed by atoms with van der Waals surface area (Å²) in [5.41, 5.74) is 0.963. The summed E-state index contributed by atoms with van der Waals surface area (Å²) >= 11 is 0. The number of hydrogen-bond acceptors (Lipinski definition) is 5. The van der Waals surface area contributed by atoms with Crippen LogP contribution < -0.4 is 19.5 Å². The number of rotatable bonds is 6. The molecule has 2 rings (SSSR count). The van der Waals surface area contributed by atoms with Crippen molar-refractivity contribution in [2.45, 2.75) is 12.8 Å². The van der Waals surface area contributed by atoms with Gasteiger partial charge in [0.05, 0.1) is 27.9 Å². The van der Waals surface area contributed by atoms with Gasteiger partial charge in [0.2, 0.25) is 5.75 Å². The molecular weight excluding hydrogens is 258 g/mol. The summed E-state index contributed by atoms with van der Waals surface area (Å²) in [6.45, 7) is 2.61. The minimum Gasteiger partial charge on any atom is -0.493 e. The third-order valence-electron chi connectivity index (χ3n) is 3.51. The van der Waals surface area contributed by atoms with Gasteiger partial charge < -0.3 is 24.3 Å². The molecule has 20 heavy (non-hydrogen) atoms. The Hall–Kier alpha value is -1.62. The topological polar surface area (TPSA) is 49.0 Å². The zero-order valence-electron chi connectivity index (χ0n) is 12.4. The molecule has 0 spiro atoms. The first kappa shape index (κ1) is 14.8. The number of hydrogen-bond donors (Lipinski definition) is 1. The number of benzene rings is 1. The number of ether oxygens (including phenoxy) is 4. The van der Waals surface area contributed by atoms with Gasteiger partial charge in [-0.15, -0.1) is 0 Å². The van der Waals surface area contributed by atoms with Gasteiger partial charge in [0, 0.05) is 31.0 Å². The summed E-state index contributed by atoms with van der Waals surface area (Å²) in [4.78, 5) is 0. The fourth-order valence-corrected chi connectivity index (χ4v) is 2.41. The summed E-state index contributed by atoms with van der Waals surface area (Å²) in [6, 6.07) is 3.84. The number of methoxy groups -OCH3 is 3. The van der Waals surface area contributed by atoms with Crippen LogP contribution >= 0.6 is 0 Å². The SMILES string of the molecule is COc1cc(NCC2CCCOC2)cc(OC)c1OC. The molecule has 0 amide bonds. The maximum Gasteiger partial charge on any atom is 0.203 e. The zero-order chi connectivity index (χ0) is 14.4. The van der Waals surface area contributed by atoms with Crippen LogP contribution in [0.5, 0.6) is 17.2 Å². The van der Waals surface area contributed by atoms with Gasteiger partial charge in [-0.05, 0) is 18.8 Å². The van der Waals surface area contributed by atoms with E-state index in [1.54, 1.807) is 21.3 Å². The van der Waals surface area contributed by atoms with E-state index in [2.05, 4.69) is 5.32 Å². The third-order valence-corrected chi connectivity index (χ3v) is 3.51. The Balaban J connectivity index is 2.06. The van der Waals surface area contributed by atoms with E-state index in [4.69, 9.17) is 18.9 Å². The fraction of sp³-hybridized carbons (Fsp3) is 0.600. The van der Waals surface area contributed by atoms with Crippen LogP contribution in [0.1, 0.15) is 12.8 Å². The summed E-state index contributed by atoms with van der Waals surface area (Å²) in [7, 11) is 4.85. The predicted molar refractivity (Wildman–Crippen MR) is 78.1 cm³/mol. The summed E-state index contributed by atoms with van der Waals surface area (Å²) in [5.74, 6) is 2.49. The van der Waals surface area contributed by atoms with Crippen molar-refractivity contribution in [2.24, 2.45) is 5.92 Å².